The molecule has 120 valence electrons. The average molecular weight is 331 g/mol. The number of nitrogens with one attached hydrogen (secondary N) is 1. The standard InChI is InChI=1S/C16H17N3O3S/c1-4-5-13-18-19-16(23-13)17-15(20)14-9(2)11-8-10(21-3)6-7-12(11)22-14/h6-8H,4-5H2,1-3H3,(H,17,19,20). The number of rotatable bonds is 5. The molecule has 0 atom stereocenters. The summed E-state index contributed by atoms with van der Waals surface area (Å²) in [4.78, 5) is 12.4. The molecule has 0 aliphatic heterocycles. The number of ether oxygens (including phenoxy) is 1. The van der Waals surface area contributed by atoms with Crippen LogP contribution in [0.3, 0.4) is 0 Å². The lowest BCUT2D eigenvalue weighted by Crippen LogP contribution is -2.11. The molecule has 1 aromatic carbocycles. The summed E-state index contributed by atoms with van der Waals surface area (Å²) in [5.41, 5.74) is 1.42. The number of methoxy groups -OCH3 is 1. The number of fused-ring (bicyclic) bond motifs is 1. The predicted octanol–water partition coefficient (Wildman–Crippen LogP) is 3.81. The van der Waals surface area contributed by atoms with Crippen molar-refractivity contribution in [1.82, 2.24) is 10.2 Å². The predicted molar refractivity (Wildman–Crippen MR) is 89.4 cm³/mol. The lowest BCUT2D eigenvalue weighted by molar-refractivity contribution is 0.0998. The molecular formula is C16H17N3O3S. The molecule has 0 bridgehead atoms. The van der Waals surface area contributed by atoms with Crippen LogP contribution >= 0.6 is 11.3 Å². The van der Waals surface area contributed by atoms with Gasteiger partial charge < -0.3 is 9.15 Å². The molecule has 0 saturated heterocycles. The summed E-state index contributed by atoms with van der Waals surface area (Å²) in [7, 11) is 1.60. The Morgan fingerprint density at radius 2 is 2.22 bits per heavy atom. The zero-order chi connectivity index (χ0) is 16.4. The van der Waals surface area contributed by atoms with E-state index in [0.717, 1.165) is 34.5 Å². The molecule has 0 fully saturated rings. The number of nitrogens with zero attached hydrogens (tertiary/aromatic N) is 2. The number of furan rings is 1. The first kappa shape index (κ1) is 15.5. The SMILES string of the molecule is CCCc1nnc(NC(=O)c2oc3ccc(OC)cc3c2C)s1. The summed E-state index contributed by atoms with van der Waals surface area (Å²) in [5, 5.41) is 13.0. The van der Waals surface area contributed by atoms with E-state index >= 15 is 0 Å². The van der Waals surface area contributed by atoms with Gasteiger partial charge in [-0.15, -0.1) is 10.2 Å². The van der Waals surface area contributed by atoms with Crippen LogP contribution in [0.4, 0.5) is 5.13 Å². The molecule has 7 heteroatoms. The van der Waals surface area contributed by atoms with Crippen molar-refractivity contribution < 1.29 is 13.9 Å². The molecule has 0 spiro atoms. The van der Waals surface area contributed by atoms with Crippen LogP contribution in [0.2, 0.25) is 0 Å². The highest BCUT2D eigenvalue weighted by Gasteiger charge is 2.19. The Morgan fingerprint density at radius 3 is 2.96 bits per heavy atom. The van der Waals surface area contributed by atoms with E-state index in [9.17, 15) is 4.79 Å². The maximum Gasteiger partial charge on any atom is 0.293 e. The van der Waals surface area contributed by atoms with Gasteiger partial charge in [0.15, 0.2) is 5.76 Å². The van der Waals surface area contributed by atoms with Crippen LogP contribution in [0.25, 0.3) is 11.0 Å². The molecule has 1 N–H and O–H groups in total. The molecule has 1 amide bonds. The zero-order valence-corrected chi connectivity index (χ0v) is 14.0. The molecule has 2 heterocycles. The largest absolute Gasteiger partial charge is 0.497 e. The fraction of sp³-hybridized carbons (Fsp3) is 0.312. The molecule has 0 saturated carbocycles. The minimum absolute atomic E-state index is 0.278. The van der Waals surface area contributed by atoms with E-state index < -0.39 is 0 Å². The zero-order valence-electron chi connectivity index (χ0n) is 13.2. The third kappa shape index (κ3) is 3.05. The van der Waals surface area contributed by atoms with Gasteiger partial charge in [0.2, 0.25) is 5.13 Å². The highest BCUT2D eigenvalue weighted by molar-refractivity contribution is 7.15. The summed E-state index contributed by atoms with van der Waals surface area (Å²) in [5.74, 6) is 0.680. The lowest BCUT2D eigenvalue weighted by atomic mass is 10.1. The van der Waals surface area contributed by atoms with E-state index in [0.29, 0.717) is 10.7 Å². The van der Waals surface area contributed by atoms with Gasteiger partial charge in [-0.2, -0.15) is 0 Å². The monoisotopic (exact) mass is 331 g/mol. The molecule has 0 aliphatic carbocycles. The Labute approximate surface area is 137 Å². The van der Waals surface area contributed by atoms with E-state index in [1.165, 1.54) is 11.3 Å². The number of anilines is 1. The van der Waals surface area contributed by atoms with Crippen molar-refractivity contribution in [3.63, 3.8) is 0 Å². The molecular weight excluding hydrogens is 314 g/mol. The van der Waals surface area contributed by atoms with Gasteiger partial charge in [0.1, 0.15) is 16.3 Å². The molecule has 23 heavy (non-hydrogen) atoms. The number of hydrogen-bond donors (Lipinski definition) is 1. The van der Waals surface area contributed by atoms with Crippen LogP contribution in [-0.4, -0.2) is 23.2 Å². The van der Waals surface area contributed by atoms with Gasteiger partial charge in [0.05, 0.1) is 7.11 Å². The normalized spacial score (nSPS) is 10.9. The quantitative estimate of drug-likeness (QED) is 0.769. The van der Waals surface area contributed by atoms with Crippen LogP contribution in [0, 0.1) is 6.92 Å². The van der Waals surface area contributed by atoms with Crippen molar-refractivity contribution in [3.05, 3.63) is 34.5 Å². The summed E-state index contributed by atoms with van der Waals surface area (Å²) in [6, 6.07) is 5.45. The van der Waals surface area contributed by atoms with Crippen molar-refractivity contribution in [2.24, 2.45) is 0 Å². The van der Waals surface area contributed by atoms with Gasteiger partial charge in [-0.25, -0.2) is 0 Å². The van der Waals surface area contributed by atoms with Crippen LogP contribution in [-0.2, 0) is 6.42 Å². The van der Waals surface area contributed by atoms with E-state index in [4.69, 9.17) is 9.15 Å². The van der Waals surface area contributed by atoms with Crippen molar-refractivity contribution in [2.45, 2.75) is 26.7 Å². The van der Waals surface area contributed by atoms with Gasteiger partial charge in [-0.3, -0.25) is 10.1 Å². The van der Waals surface area contributed by atoms with Crippen LogP contribution < -0.4 is 10.1 Å². The Bertz CT molecular complexity index is 853. The van der Waals surface area contributed by atoms with Gasteiger partial charge in [0, 0.05) is 17.4 Å². The average Bonchev–Trinajstić information content (AvgIpc) is 3.12. The highest BCUT2D eigenvalue weighted by atomic mass is 32.1. The number of hydrogen-bond acceptors (Lipinski definition) is 6. The molecule has 0 unspecified atom stereocenters. The third-order valence-corrected chi connectivity index (χ3v) is 4.40. The van der Waals surface area contributed by atoms with Crippen molar-refractivity contribution >= 4 is 33.3 Å². The number of benzene rings is 1. The Balaban J connectivity index is 1.86. The minimum Gasteiger partial charge on any atom is -0.497 e. The second-order valence-corrected chi connectivity index (χ2v) is 6.19. The summed E-state index contributed by atoms with van der Waals surface area (Å²) >= 11 is 1.38. The van der Waals surface area contributed by atoms with Gasteiger partial charge in [-0.1, -0.05) is 18.3 Å². The summed E-state index contributed by atoms with van der Waals surface area (Å²) in [6.07, 6.45) is 1.85. The number of aryl methyl sites for hydroxylation is 2. The molecule has 0 radical (unpaired) electrons. The maximum atomic E-state index is 12.4. The number of amides is 1. The lowest BCUT2D eigenvalue weighted by Gasteiger charge is -1.98. The Morgan fingerprint density at radius 1 is 1.39 bits per heavy atom. The first-order valence-electron chi connectivity index (χ1n) is 7.33. The fourth-order valence-electron chi connectivity index (χ4n) is 2.32. The van der Waals surface area contributed by atoms with Crippen molar-refractivity contribution in [2.75, 3.05) is 12.4 Å². The van der Waals surface area contributed by atoms with Crippen LogP contribution in [0.5, 0.6) is 5.75 Å². The summed E-state index contributed by atoms with van der Waals surface area (Å²) in [6.45, 7) is 3.93. The second kappa shape index (κ2) is 6.37. The fourth-order valence-corrected chi connectivity index (χ4v) is 3.15. The van der Waals surface area contributed by atoms with Gasteiger partial charge in [0.25, 0.3) is 5.91 Å². The van der Waals surface area contributed by atoms with E-state index in [-0.39, 0.29) is 11.7 Å². The highest BCUT2D eigenvalue weighted by Crippen LogP contribution is 2.29. The van der Waals surface area contributed by atoms with Crippen LogP contribution in [0.1, 0.15) is 34.5 Å². The molecule has 0 aliphatic rings. The number of carbonyl (C=O) groups excluding carboxylic acids is 1. The van der Waals surface area contributed by atoms with E-state index in [2.05, 4.69) is 22.4 Å². The first-order chi connectivity index (χ1) is 11.1. The van der Waals surface area contributed by atoms with Gasteiger partial charge >= 0.3 is 0 Å². The van der Waals surface area contributed by atoms with E-state index in [1.54, 1.807) is 19.2 Å². The molecule has 3 rings (SSSR count). The Kier molecular flexibility index (Phi) is 4.29. The molecule has 2 aromatic heterocycles. The van der Waals surface area contributed by atoms with Crippen molar-refractivity contribution in [3.8, 4) is 5.75 Å². The first-order valence-corrected chi connectivity index (χ1v) is 8.15. The number of carbonyl (C=O) groups is 1. The second-order valence-electron chi connectivity index (χ2n) is 5.12. The third-order valence-electron chi connectivity index (χ3n) is 3.50. The maximum absolute atomic E-state index is 12.4. The molecule has 3 aromatic rings. The number of aromatic nitrogens is 2. The minimum atomic E-state index is -0.322. The van der Waals surface area contributed by atoms with Crippen LogP contribution in [0.15, 0.2) is 22.6 Å². The molecule has 6 nitrogen and oxygen atoms in total. The topological polar surface area (TPSA) is 77.3 Å². The Hall–Kier alpha value is -2.41. The van der Waals surface area contributed by atoms with Crippen molar-refractivity contribution in [1.29, 1.82) is 0 Å². The smallest absolute Gasteiger partial charge is 0.293 e. The van der Waals surface area contributed by atoms with E-state index in [1.807, 2.05) is 13.0 Å². The summed E-state index contributed by atoms with van der Waals surface area (Å²) < 4.78 is 10.9. The van der Waals surface area contributed by atoms with Gasteiger partial charge in [-0.05, 0) is 31.5 Å².